The average Bonchev–Trinajstić information content (AvgIpc) is 2.82. The minimum atomic E-state index is -0.245. The molecule has 2 rings (SSSR count). The van der Waals surface area contributed by atoms with E-state index in [2.05, 4.69) is 11.9 Å². The first-order chi connectivity index (χ1) is 9.15. The van der Waals surface area contributed by atoms with Crippen LogP contribution in [0, 0.1) is 0 Å². The third kappa shape index (κ3) is 2.82. The highest BCUT2D eigenvalue weighted by molar-refractivity contribution is 6.00. The lowest BCUT2D eigenvalue weighted by atomic mass is 10.1. The molecule has 0 radical (unpaired) electrons. The fraction of sp³-hybridized carbons (Fsp3) is 0.286. The van der Waals surface area contributed by atoms with Crippen molar-refractivity contribution in [3.8, 4) is 0 Å². The average molecular weight is 260 g/mol. The van der Waals surface area contributed by atoms with Crippen LogP contribution in [0.15, 0.2) is 30.9 Å². The van der Waals surface area contributed by atoms with Crippen molar-refractivity contribution in [1.82, 2.24) is 0 Å². The van der Waals surface area contributed by atoms with Crippen LogP contribution in [0.4, 0.5) is 11.4 Å². The molecule has 0 unspecified atom stereocenters. The van der Waals surface area contributed by atoms with Crippen LogP contribution in [-0.4, -0.2) is 32.1 Å². The number of nitrogens with one attached hydrogen (secondary N) is 1. The topological polar surface area (TPSA) is 58.6 Å². The Kier molecular flexibility index (Phi) is 3.97. The second-order valence-electron chi connectivity index (χ2n) is 4.27. The van der Waals surface area contributed by atoms with Crippen LogP contribution in [0.1, 0.15) is 5.56 Å². The molecule has 1 aromatic rings. The van der Waals surface area contributed by atoms with Crippen molar-refractivity contribution >= 4 is 23.2 Å². The van der Waals surface area contributed by atoms with Gasteiger partial charge in [0.25, 0.3) is 5.91 Å². The molecule has 1 heterocycles. The Balaban J connectivity index is 2.17. The van der Waals surface area contributed by atoms with Gasteiger partial charge in [-0.1, -0.05) is 6.58 Å². The lowest BCUT2D eigenvalue weighted by Crippen LogP contribution is -2.31. The molecule has 1 aromatic carbocycles. The van der Waals surface area contributed by atoms with Crippen molar-refractivity contribution in [3.05, 3.63) is 36.4 Å². The molecule has 0 bridgehead atoms. The maximum atomic E-state index is 11.8. The van der Waals surface area contributed by atoms with E-state index >= 15 is 0 Å². The quantitative estimate of drug-likeness (QED) is 0.831. The summed E-state index contributed by atoms with van der Waals surface area (Å²) in [4.78, 5) is 24.8. The number of ether oxygens (including phenoxy) is 1. The van der Waals surface area contributed by atoms with E-state index in [1.54, 1.807) is 11.0 Å². The predicted octanol–water partition coefficient (Wildman–Crippen LogP) is 1.35. The number of carbonyl (C=O) groups excluding carboxylic acids is 2. The molecular weight excluding hydrogens is 244 g/mol. The lowest BCUT2D eigenvalue weighted by Gasteiger charge is -2.17. The van der Waals surface area contributed by atoms with E-state index in [1.165, 1.54) is 13.2 Å². The summed E-state index contributed by atoms with van der Waals surface area (Å²) in [5.74, 6) is -0.297. The third-order valence-electron chi connectivity index (χ3n) is 3.00. The van der Waals surface area contributed by atoms with Crippen molar-refractivity contribution < 1.29 is 14.3 Å². The zero-order valence-corrected chi connectivity index (χ0v) is 10.8. The fourth-order valence-corrected chi connectivity index (χ4v) is 2.13. The van der Waals surface area contributed by atoms with E-state index in [0.717, 1.165) is 17.7 Å². The summed E-state index contributed by atoms with van der Waals surface area (Å²) in [6.45, 7) is 4.13. The number of hydrogen-bond acceptors (Lipinski definition) is 3. The van der Waals surface area contributed by atoms with Crippen molar-refractivity contribution in [1.29, 1.82) is 0 Å². The molecule has 0 fully saturated rings. The second kappa shape index (κ2) is 5.67. The van der Waals surface area contributed by atoms with E-state index in [0.29, 0.717) is 12.2 Å². The summed E-state index contributed by atoms with van der Waals surface area (Å²) in [5, 5.41) is 2.71. The van der Waals surface area contributed by atoms with Crippen LogP contribution < -0.4 is 10.2 Å². The molecule has 2 amide bonds. The van der Waals surface area contributed by atoms with Gasteiger partial charge < -0.3 is 15.0 Å². The lowest BCUT2D eigenvalue weighted by molar-refractivity contribution is -0.122. The van der Waals surface area contributed by atoms with E-state index in [-0.39, 0.29) is 18.4 Å². The van der Waals surface area contributed by atoms with Crippen LogP contribution in [0.2, 0.25) is 0 Å². The number of nitrogens with zero attached hydrogens (tertiary/aromatic N) is 1. The van der Waals surface area contributed by atoms with Crippen molar-refractivity contribution in [2.75, 3.05) is 30.5 Å². The number of fused-ring (bicyclic) bond motifs is 1. The van der Waals surface area contributed by atoms with Crippen molar-refractivity contribution in [2.45, 2.75) is 6.42 Å². The van der Waals surface area contributed by atoms with Gasteiger partial charge in [0.2, 0.25) is 5.91 Å². The number of methoxy groups -OCH3 is 1. The summed E-state index contributed by atoms with van der Waals surface area (Å²) < 4.78 is 4.86. The maximum absolute atomic E-state index is 11.8. The Bertz CT molecular complexity index is 525. The van der Waals surface area contributed by atoms with Gasteiger partial charge in [-0.05, 0) is 36.3 Å². The monoisotopic (exact) mass is 260 g/mol. The molecular formula is C14H16N2O3. The molecule has 19 heavy (non-hydrogen) atoms. The Labute approximate surface area is 111 Å². The molecule has 0 saturated carbocycles. The van der Waals surface area contributed by atoms with Gasteiger partial charge in [-0.15, -0.1) is 0 Å². The summed E-state index contributed by atoms with van der Waals surface area (Å²) in [5.41, 5.74) is 2.65. The molecule has 0 aliphatic carbocycles. The summed E-state index contributed by atoms with van der Waals surface area (Å²) in [6, 6.07) is 5.50. The first-order valence-electron chi connectivity index (χ1n) is 6.01. The molecule has 1 N–H and O–H groups in total. The molecule has 1 aliphatic heterocycles. The summed E-state index contributed by atoms with van der Waals surface area (Å²) in [7, 11) is 1.50. The van der Waals surface area contributed by atoms with Crippen molar-refractivity contribution in [3.63, 3.8) is 0 Å². The number of rotatable bonds is 4. The van der Waals surface area contributed by atoms with Gasteiger partial charge in [-0.25, -0.2) is 0 Å². The molecule has 0 saturated heterocycles. The predicted molar refractivity (Wildman–Crippen MR) is 73.2 cm³/mol. The van der Waals surface area contributed by atoms with Gasteiger partial charge in [0.05, 0.1) is 0 Å². The SMILES string of the molecule is C=CC(=O)Nc1ccc2c(c1)CCN2C(=O)COC. The van der Waals surface area contributed by atoms with Gasteiger partial charge in [-0.3, -0.25) is 9.59 Å². The molecule has 0 spiro atoms. The Morgan fingerprint density at radius 3 is 3.00 bits per heavy atom. The Morgan fingerprint density at radius 1 is 1.53 bits per heavy atom. The Morgan fingerprint density at radius 2 is 2.32 bits per heavy atom. The van der Waals surface area contributed by atoms with E-state index in [4.69, 9.17) is 4.74 Å². The first-order valence-corrected chi connectivity index (χ1v) is 6.01. The molecule has 100 valence electrons. The van der Waals surface area contributed by atoms with Crippen LogP contribution in [0.5, 0.6) is 0 Å². The van der Waals surface area contributed by atoms with Gasteiger partial charge >= 0.3 is 0 Å². The third-order valence-corrected chi connectivity index (χ3v) is 3.00. The first kappa shape index (κ1) is 13.3. The van der Waals surface area contributed by atoms with Gasteiger partial charge in [0.15, 0.2) is 0 Å². The highest BCUT2D eigenvalue weighted by Gasteiger charge is 2.24. The smallest absolute Gasteiger partial charge is 0.252 e. The maximum Gasteiger partial charge on any atom is 0.252 e. The standard InChI is InChI=1S/C14H16N2O3/c1-3-13(17)15-11-4-5-12-10(8-11)6-7-16(12)14(18)9-19-2/h3-5,8H,1,6-7,9H2,2H3,(H,15,17). The number of amides is 2. The minimum absolute atomic E-state index is 0.0517. The summed E-state index contributed by atoms with van der Waals surface area (Å²) >= 11 is 0. The zero-order chi connectivity index (χ0) is 13.8. The minimum Gasteiger partial charge on any atom is -0.375 e. The molecule has 0 aromatic heterocycles. The van der Waals surface area contributed by atoms with Gasteiger partial charge in [0, 0.05) is 25.0 Å². The zero-order valence-electron chi connectivity index (χ0n) is 10.8. The number of hydrogen-bond donors (Lipinski definition) is 1. The highest BCUT2D eigenvalue weighted by Crippen LogP contribution is 2.30. The van der Waals surface area contributed by atoms with Crippen LogP contribution in [0.3, 0.4) is 0 Å². The largest absolute Gasteiger partial charge is 0.375 e. The normalized spacial score (nSPS) is 13.0. The van der Waals surface area contributed by atoms with E-state index in [1.807, 2.05) is 12.1 Å². The number of carbonyl (C=O) groups is 2. The number of benzene rings is 1. The van der Waals surface area contributed by atoms with E-state index in [9.17, 15) is 9.59 Å². The fourth-order valence-electron chi connectivity index (χ4n) is 2.13. The Hall–Kier alpha value is -2.14. The summed E-state index contributed by atoms with van der Waals surface area (Å²) in [6.07, 6.45) is 2.00. The molecule has 5 nitrogen and oxygen atoms in total. The van der Waals surface area contributed by atoms with Crippen molar-refractivity contribution in [2.24, 2.45) is 0 Å². The molecule has 5 heteroatoms. The van der Waals surface area contributed by atoms with Crippen LogP contribution in [0.25, 0.3) is 0 Å². The van der Waals surface area contributed by atoms with Gasteiger partial charge in [-0.2, -0.15) is 0 Å². The van der Waals surface area contributed by atoms with Gasteiger partial charge in [0.1, 0.15) is 6.61 Å². The highest BCUT2D eigenvalue weighted by atomic mass is 16.5. The molecule has 1 aliphatic rings. The van der Waals surface area contributed by atoms with Crippen LogP contribution in [-0.2, 0) is 20.7 Å². The van der Waals surface area contributed by atoms with Crippen LogP contribution >= 0.6 is 0 Å². The second-order valence-corrected chi connectivity index (χ2v) is 4.27. The number of anilines is 2. The molecule has 0 atom stereocenters. The van der Waals surface area contributed by atoms with E-state index < -0.39 is 0 Å².